The van der Waals surface area contributed by atoms with Crippen molar-refractivity contribution in [2.24, 2.45) is 0 Å². The van der Waals surface area contributed by atoms with Gasteiger partial charge >= 0.3 is 0 Å². The molecule has 0 bridgehead atoms. The van der Waals surface area contributed by atoms with Gasteiger partial charge in [-0.1, -0.05) is 0 Å². The van der Waals surface area contributed by atoms with Crippen LogP contribution in [0.25, 0.3) is 0 Å². The van der Waals surface area contributed by atoms with Crippen LogP contribution in [0.3, 0.4) is 0 Å². The lowest BCUT2D eigenvalue weighted by molar-refractivity contribution is -2.00. The average Bonchev–Trinajstić information content (AvgIpc) is 1.98. The van der Waals surface area contributed by atoms with Crippen molar-refractivity contribution in [1.29, 1.82) is 0 Å². The summed E-state index contributed by atoms with van der Waals surface area (Å²) in [4.78, 5) is 4.17. The maximum Gasteiger partial charge on any atom is 0.166 e. The Bertz CT molecular complexity index is 252. The molecule has 0 aromatic carbocycles. The van der Waals surface area contributed by atoms with E-state index in [1.165, 1.54) is 5.82 Å². The van der Waals surface area contributed by atoms with Crippen LogP contribution >= 0.6 is 0 Å². The molecular formula is C9H20ClN3O4. The molecule has 0 radical (unpaired) electrons. The minimum absolute atomic E-state index is 1.18. The van der Waals surface area contributed by atoms with E-state index in [4.69, 9.17) is 18.6 Å². The van der Waals surface area contributed by atoms with E-state index >= 15 is 0 Å². The topological polar surface area (TPSA) is 102 Å². The summed E-state index contributed by atoms with van der Waals surface area (Å²) in [6, 6.07) is 0. The summed E-state index contributed by atoms with van der Waals surface area (Å²) in [6.45, 7) is 0. The first-order valence-electron chi connectivity index (χ1n) is 4.63. The SMILES string of the molecule is CN(C)C(=CC=[N+](C)C)N(C)C.[O-][Cl+3]([O-])([O-])[O-]. The fourth-order valence-electron chi connectivity index (χ4n) is 0.914. The zero-order chi connectivity index (χ0) is 14.2. The van der Waals surface area contributed by atoms with Crippen molar-refractivity contribution in [3.63, 3.8) is 0 Å². The third-order valence-corrected chi connectivity index (χ3v) is 1.44. The molecule has 0 spiro atoms. The van der Waals surface area contributed by atoms with Gasteiger partial charge in [0.15, 0.2) is 6.21 Å². The molecular weight excluding hydrogens is 250 g/mol. The summed E-state index contributed by atoms with van der Waals surface area (Å²) in [7, 11) is 7.23. The van der Waals surface area contributed by atoms with Crippen molar-refractivity contribution < 1.29 is 33.5 Å². The zero-order valence-electron chi connectivity index (χ0n) is 11.0. The Balaban J connectivity index is 0. The highest BCUT2D eigenvalue weighted by Crippen LogP contribution is 1.99. The molecule has 0 atom stereocenters. The number of rotatable bonds is 3. The van der Waals surface area contributed by atoms with Gasteiger partial charge in [0, 0.05) is 34.3 Å². The molecule has 0 N–H and O–H groups in total. The highest BCUT2D eigenvalue weighted by molar-refractivity contribution is 5.66. The lowest BCUT2D eigenvalue weighted by Gasteiger charge is -2.23. The molecule has 0 aliphatic carbocycles. The Hall–Kier alpha value is -0.860. The van der Waals surface area contributed by atoms with Crippen LogP contribution in [0.5, 0.6) is 0 Å². The minimum atomic E-state index is -4.94. The lowest BCUT2D eigenvalue weighted by atomic mass is 10.5. The summed E-state index contributed by atoms with van der Waals surface area (Å²) >= 11 is 0. The second-order valence-corrected chi connectivity index (χ2v) is 4.56. The fraction of sp³-hybridized carbons (Fsp3) is 0.667. The van der Waals surface area contributed by atoms with E-state index in [9.17, 15) is 0 Å². The molecule has 0 saturated heterocycles. The van der Waals surface area contributed by atoms with E-state index in [0.29, 0.717) is 0 Å². The van der Waals surface area contributed by atoms with Crippen LogP contribution in [0.2, 0.25) is 0 Å². The second-order valence-electron chi connectivity index (χ2n) is 3.80. The molecule has 0 rings (SSSR count). The Morgan fingerprint density at radius 1 is 0.941 bits per heavy atom. The molecule has 0 saturated carbocycles. The third-order valence-electron chi connectivity index (χ3n) is 1.44. The van der Waals surface area contributed by atoms with Crippen molar-refractivity contribution in [3.05, 3.63) is 11.9 Å². The first-order valence-corrected chi connectivity index (χ1v) is 5.86. The average molecular weight is 270 g/mol. The molecule has 0 aromatic heterocycles. The van der Waals surface area contributed by atoms with Gasteiger partial charge in [-0.05, 0) is 0 Å². The molecule has 0 aromatic rings. The number of hydrogen-bond acceptors (Lipinski definition) is 6. The van der Waals surface area contributed by atoms with E-state index in [0.717, 1.165) is 0 Å². The van der Waals surface area contributed by atoms with Crippen LogP contribution in [0.4, 0.5) is 0 Å². The van der Waals surface area contributed by atoms with Crippen molar-refractivity contribution >= 4 is 6.21 Å². The van der Waals surface area contributed by atoms with Crippen LogP contribution in [0, 0.1) is 10.2 Å². The molecule has 8 heteroatoms. The summed E-state index contributed by atoms with van der Waals surface area (Å²) in [5.41, 5.74) is 0. The monoisotopic (exact) mass is 269 g/mol. The molecule has 0 aliphatic rings. The Morgan fingerprint density at radius 3 is 1.41 bits per heavy atom. The lowest BCUT2D eigenvalue weighted by Crippen LogP contribution is -2.68. The standard InChI is InChI=1S/C9H20N3.ClHO4/c1-10(2)8-7-9(11(3)4)12(5)6;2-1(3,4)5/h7-8H,1-6H3;(H,2,3,4,5)/q+1;/p-1. The summed E-state index contributed by atoms with van der Waals surface area (Å²) < 4.78 is 36.0. The molecule has 7 nitrogen and oxygen atoms in total. The molecule has 0 fully saturated rings. The fourth-order valence-corrected chi connectivity index (χ4v) is 0.914. The van der Waals surface area contributed by atoms with Gasteiger partial charge in [0.05, 0.1) is 0 Å². The Labute approximate surface area is 104 Å². The Kier molecular flexibility index (Phi) is 8.99. The van der Waals surface area contributed by atoms with Gasteiger partial charge in [0.25, 0.3) is 0 Å². The van der Waals surface area contributed by atoms with Crippen molar-refractivity contribution in [1.82, 2.24) is 9.80 Å². The van der Waals surface area contributed by atoms with E-state index in [1.807, 2.05) is 53.1 Å². The third kappa shape index (κ3) is 17.7. The summed E-state index contributed by atoms with van der Waals surface area (Å²) in [5, 5.41) is 0. The number of allylic oxidation sites excluding steroid dienone is 1. The van der Waals surface area contributed by atoms with E-state index in [2.05, 4.69) is 15.9 Å². The van der Waals surface area contributed by atoms with Gasteiger partial charge in [-0.2, -0.15) is 0 Å². The predicted molar refractivity (Wildman–Crippen MR) is 53.6 cm³/mol. The first kappa shape index (κ1) is 18.5. The Morgan fingerprint density at radius 2 is 1.24 bits per heavy atom. The normalized spacial score (nSPS) is 9.76. The molecule has 0 amide bonds. The van der Waals surface area contributed by atoms with E-state index in [-0.39, 0.29) is 0 Å². The van der Waals surface area contributed by atoms with Crippen LogP contribution < -0.4 is 18.6 Å². The number of hydrogen-bond donors (Lipinski definition) is 0. The molecule has 17 heavy (non-hydrogen) atoms. The second kappa shape index (κ2) is 8.26. The van der Waals surface area contributed by atoms with E-state index < -0.39 is 10.2 Å². The molecule has 0 heterocycles. The van der Waals surface area contributed by atoms with Crippen LogP contribution in [0.1, 0.15) is 0 Å². The van der Waals surface area contributed by atoms with Crippen LogP contribution in [0.15, 0.2) is 11.9 Å². The van der Waals surface area contributed by atoms with Crippen LogP contribution in [-0.4, -0.2) is 62.9 Å². The van der Waals surface area contributed by atoms with Crippen molar-refractivity contribution in [3.8, 4) is 0 Å². The van der Waals surface area contributed by atoms with E-state index in [1.54, 1.807) is 0 Å². The predicted octanol–water partition coefficient (Wildman–Crippen LogP) is -4.46. The summed E-state index contributed by atoms with van der Waals surface area (Å²) in [6.07, 6.45) is 4.12. The van der Waals surface area contributed by atoms with Gasteiger partial charge in [0.1, 0.15) is 19.9 Å². The van der Waals surface area contributed by atoms with Crippen LogP contribution in [-0.2, 0) is 0 Å². The maximum absolute atomic E-state index is 8.49. The van der Waals surface area contributed by atoms with Gasteiger partial charge in [0.2, 0.25) is 0 Å². The van der Waals surface area contributed by atoms with Gasteiger partial charge in [-0.25, -0.2) is 23.2 Å². The van der Waals surface area contributed by atoms with Gasteiger partial charge < -0.3 is 9.80 Å². The number of nitrogens with zero attached hydrogens (tertiary/aromatic N) is 3. The van der Waals surface area contributed by atoms with Crippen molar-refractivity contribution in [2.75, 3.05) is 42.3 Å². The smallest absolute Gasteiger partial charge is 0.166 e. The number of halogens is 1. The molecule has 0 unspecified atom stereocenters. The zero-order valence-corrected chi connectivity index (χ0v) is 11.8. The van der Waals surface area contributed by atoms with Gasteiger partial charge in [-0.3, -0.25) is 0 Å². The molecule has 0 aliphatic heterocycles. The quantitative estimate of drug-likeness (QED) is 0.378. The first-order chi connectivity index (χ1) is 7.45. The minimum Gasteiger partial charge on any atom is -0.364 e. The summed E-state index contributed by atoms with van der Waals surface area (Å²) in [5.74, 6) is 1.18. The van der Waals surface area contributed by atoms with Gasteiger partial charge in [-0.15, -0.1) is 10.2 Å². The molecule has 102 valence electrons. The van der Waals surface area contributed by atoms with Crippen molar-refractivity contribution in [2.45, 2.75) is 0 Å². The highest BCUT2D eigenvalue weighted by Gasteiger charge is 2.00. The maximum atomic E-state index is 8.49. The largest absolute Gasteiger partial charge is 0.364 e. The highest BCUT2D eigenvalue weighted by atomic mass is 35.7.